The van der Waals surface area contributed by atoms with Gasteiger partial charge in [0.15, 0.2) is 5.84 Å². The SMILES string of the molecule is Cc1ccc2c(c1)CCCN2C(=O)C(C)C(N)=NO. The molecule has 1 aromatic carbocycles. The Morgan fingerprint density at radius 1 is 1.53 bits per heavy atom. The summed E-state index contributed by atoms with van der Waals surface area (Å²) >= 11 is 0. The third kappa shape index (κ3) is 2.54. The minimum absolute atomic E-state index is 0.0516. The number of nitrogens with zero attached hydrogens (tertiary/aromatic N) is 2. The Bertz CT molecular complexity index is 525. The highest BCUT2D eigenvalue weighted by Crippen LogP contribution is 2.29. The zero-order valence-electron chi connectivity index (χ0n) is 11.3. The van der Waals surface area contributed by atoms with Gasteiger partial charge in [0.25, 0.3) is 0 Å². The normalized spacial score (nSPS) is 16.9. The van der Waals surface area contributed by atoms with Gasteiger partial charge in [-0.15, -0.1) is 0 Å². The lowest BCUT2D eigenvalue weighted by molar-refractivity contribution is -0.120. The van der Waals surface area contributed by atoms with Crippen LogP contribution in [0, 0.1) is 12.8 Å². The molecule has 5 heteroatoms. The molecule has 1 atom stereocenters. The number of aryl methyl sites for hydroxylation is 2. The molecule has 102 valence electrons. The van der Waals surface area contributed by atoms with Crippen molar-refractivity contribution in [3.63, 3.8) is 0 Å². The molecule has 0 bridgehead atoms. The lowest BCUT2D eigenvalue weighted by atomic mass is 9.98. The predicted octanol–water partition coefficient (Wildman–Crippen LogP) is 1.66. The van der Waals surface area contributed by atoms with Crippen LogP contribution in [0.4, 0.5) is 5.69 Å². The fourth-order valence-electron chi connectivity index (χ4n) is 2.40. The van der Waals surface area contributed by atoms with Crippen molar-refractivity contribution in [2.75, 3.05) is 11.4 Å². The average Bonchev–Trinajstić information content (AvgIpc) is 2.43. The predicted molar refractivity (Wildman–Crippen MR) is 74.4 cm³/mol. The molecular formula is C14H19N3O2. The van der Waals surface area contributed by atoms with Crippen molar-refractivity contribution in [2.45, 2.75) is 26.7 Å². The summed E-state index contributed by atoms with van der Waals surface area (Å²) < 4.78 is 0. The number of amidine groups is 1. The fraction of sp³-hybridized carbons (Fsp3) is 0.429. The van der Waals surface area contributed by atoms with Gasteiger partial charge in [-0.2, -0.15) is 0 Å². The number of amides is 1. The maximum Gasteiger partial charge on any atom is 0.237 e. The summed E-state index contributed by atoms with van der Waals surface area (Å²) in [5, 5.41) is 11.6. The van der Waals surface area contributed by atoms with Crippen LogP contribution in [0.1, 0.15) is 24.5 Å². The van der Waals surface area contributed by atoms with Crippen LogP contribution in [0.3, 0.4) is 0 Å². The molecule has 0 fully saturated rings. The number of anilines is 1. The molecule has 1 aliphatic rings. The first kappa shape index (κ1) is 13.4. The second kappa shape index (κ2) is 5.30. The van der Waals surface area contributed by atoms with Crippen LogP contribution in [0.25, 0.3) is 0 Å². The van der Waals surface area contributed by atoms with Crippen LogP contribution in [-0.4, -0.2) is 23.5 Å². The summed E-state index contributed by atoms with van der Waals surface area (Å²) in [7, 11) is 0. The van der Waals surface area contributed by atoms with Crippen LogP contribution in [-0.2, 0) is 11.2 Å². The topological polar surface area (TPSA) is 78.9 Å². The highest BCUT2D eigenvalue weighted by molar-refractivity contribution is 6.09. The molecule has 0 aliphatic carbocycles. The summed E-state index contributed by atoms with van der Waals surface area (Å²) in [4.78, 5) is 14.1. The van der Waals surface area contributed by atoms with E-state index in [9.17, 15) is 4.79 Å². The van der Waals surface area contributed by atoms with E-state index in [2.05, 4.69) is 11.2 Å². The van der Waals surface area contributed by atoms with E-state index < -0.39 is 5.92 Å². The molecule has 1 unspecified atom stereocenters. The van der Waals surface area contributed by atoms with Gasteiger partial charge in [0.05, 0.1) is 5.92 Å². The van der Waals surface area contributed by atoms with Gasteiger partial charge < -0.3 is 15.8 Å². The van der Waals surface area contributed by atoms with Crippen molar-refractivity contribution in [2.24, 2.45) is 16.8 Å². The molecule has 5 nitrogen and oxygen atoms in total. The van der Waals surface area contributed by atoms with Crippen LogP contribution in [0.5, 0.6) is 0 Å². The lowest BCUT2D eigenvalue weighted by Gasteiger charge is -2.31. The lowest BCUT2D eigenvalue weighted by Crippen LogP contribution is -2.43. The minimum Gasteiger partial charge on any atom is -0.409 e. The average molecular weight is 261 g/mol. The van der Waals surface area contributed by atoms with Crippen molar-refractivity contribution >= 4 is 17.4 Å². The second-order valence-electron chi connectivity index (χ2n) is 4.97. The fourth-order valence-corrected chi connectivity index (χ4v) is 2.40. The molecule has 0 saturated carbocycles. The first-order valence-electron chi connectivity index (χ1n) is 6.43. The summed E-state index contributed by atoms with van der Waals surface area (Å²) in [5.74, 6) is -0.790. The number of carbonyl (C=O) groups excluding carboxylic acids is 1. The molecular weight excluding hydrogens is 242 g/mol. The van der Waals surface area contributed by atoms with Crippen LogP contribution in [0.2, 0.25) is 0 Å². The molecule has 0 spiro atoms. The molecule has 0 aromatic heterocycles. The van der Waals surface area contributed by atoms with Gasteiger partial charge in [-0.25, -0.2) is 0 Å². The first-order valence-corrected chi connectivity index (χ1v) is 6.43. The second-order valence-corrected chi connectivity index (χ2v) is 4.97. The van der Waals surface area contributed by atoms with Crippen molar-refractivity contribution in [1.29, 1.82) is 0 Å². The van der Waals surface area contributed by atoms with Gasteiger partial charge in [0.2, 0.25) is 5.91 Å². The summed E-state index contributed by atoms with van der Waals surface area (Å²) in [6.45, 7) is 4.37. The minimum atomic E-state index is -0.614. The maximum atomic E-state index is 12.4. The third-order valence-corrected chi connectivity index (χ3v) is 3.55. The number of fused-ring (bicyclic) bond motifs is 1. The molecule has 1 aliphatic heterocycles. The van der Waals surface area contributed by atoms with Crippen molar-refractivity contribution in [3.05, 3.63) is 29.3 Å². The van der Waals surface area contributed by atoms with E-state index in [-0.39, 0.29) is 11.7 Å². The molecule has 0 radical (unpaired) electrons. The quantitative estimate of drug-likeness (QED) is 0.368. The van der Waals surface area contributed by atoms with Gasteiger partial charge in [0, 0.05) is 12.2 Å². The summed E-state index contributed by atoms with van der Waals surface area (Å²) in [5.41, 5.74) is 8.84. The summed E-state index contributed by atoms with van der Waals surface area (Å²) in [6.07, 6.45) is 1.92. The molecule has 1 heterocycles. The third-order valence-electron chi connectivity index (χ3n) is 3.55. The maximum absolute atomic E-state index is 12.4. The first-order chi connectivity index (χ1) is 9.04. The Morgan fingerprint density at radius 2 is 2.26 bits per heavy atom. The van der Waals surface area contributed by atoms with Crippen molar-refractivity contribution < 1.29 is 10.0 Å². The zero-order valence-corrected chi connectivity index (χ0v) is 11.3. The van der Waals surface area contributed by atoms with Crippen LogP contribution >= 0.6 is 0 Å². The van der Waals surface area contributed by atoms with E-state index in [1.807, 2.05) is 19.1 Å². The van der Waals surface area contributed by atoms with Crippen LogP contribution < -0.4 is 10.6 Å². The van der Waals surface area contributed by atoms with Crippen LogP contribution in [0.15, 0.2) is 23.4 Å². The van der Waals surface area contributed by atoms with E-state index >= 15 is 0 Å². The molecule has 3 N–H and O–H groups in total. The zero-order chi connectivity index (χ0) is 14.0. The van der Waals surface area contributed by atoms with Gasteiger partial charge in [-0.3, -0.25) is 4.79 Å². The van der Waals surface area contributed by atoms with Gasteiger partial charge in [0.1, 0.15) is 0 Å². The van der Waals surface area contributed by atoms with Gasteiger partial charge >= 0.3 is 0 Å². The standard InChI is InChI=1S/C14H19N3O2/c1-9-5-6-12-11(8-9)4-3-7-17(12)14(18)10(2)13(15)16-19/h5-6,8,10,19H,3-4,7H2,1-2H3,(H2,15,16). The van der Waals surface area contributed by atoms with Gasteiger partial charge in [-0.05, 0) is 38.3 Å². The Balaban J connectivity index is 2.31. The molecule has 0 saturated heterocycles. The monoisotopic (exact) mass is 261 g/mol. The highest BCUT2D eigenvalue weighted by atomic mass is 16.4. The van der Waals surface area contributed by atoms with Gasteiger partial charge in [-0.1, -0.05) is 22.9 Å². The smallest absolute Gasteiger partial charge is 0.237 e. The molecule has 2 rings (SSSR count). The number of oxime groups is 1. The highest BCUT2D eigenvalue weighted by Gasteiger charge is 2.28. The summed E-state index contributed by atoms with van der Waals surface area (Å²) in [6, 6.07) is 6.09. The number of benzene rings is 1. The molecule has 1 aromatic rings. The number of rotatable bonds is 2. The molecule has 1 amide bonds. The molecule has 19 heavy (non-hydrogen) atoms. The number of carbonyl (C=O) groups is 1. The number of hydrogen-bond acceptors (Lipinski definition) is 3. The van der Waals surface area contributed by atoms with E-state index in [0.717, 1.165) is 18.5 Å². The van der Waals surface area contributed by atoms with Crippen molar-refractivity contribution in [3.8, 4) is 0 Å². The van der Waals surface area contributed by atoms with Crippen molar-refractivity contribution in [1.82, 2.24) is 0 Å². The van der Waals surface area contributed by atoms with E-state index in [4.69, 9.17) is 10.9 Å². The van der Waals surface area contributed by atoms with E-state index in [1.165, 1.54) is 11.1 Å². The Kier molecular flexibility index (Phi) is 3.74. The Morgan fingerprint density at radius 3 is 2.95 bits per heavy atom. The Labute approximate surface area is 112 Å². The largest absolute Gasteiger partial charge is 0.409 e. The Hall–Kier alpha value is -2.04. The number of nitrogens with two attached hydrogens (primary N) is 1. The van der Waals surface area contributed by atoms with E-state index in [1.54, 1.807) is 11.8 Å². The number of hydrogen-bond donors (Lipinski definition) is 2. The van der Waals surface area contributed by atoms with E-state index in [0.29, 0.717) is 6.54 Å².